The first kappa shape index (κ1) is 6.31. The maximum atomic E-state index is 11.1. The van der Waals surface area contributed by atoms with Gasteiger partial charge in [0.15, 0.2) is 5.78 Å². The van der Waals surface area contributed by atoms with Crippen LogP contribution in [0.25, 0.3) is 0 Å². The van der Waals surface area contributed by atoms with E-state index in [2.05, 4.69) is 10.6 Å². The Labute approximate surface area is 60.2 Å². The molecule has 2 aliphatic heterocycles. The van der Waals surface area contributed by atoms with Gasteiger partial charge in [0.1, 0.15) is 0 Å². The van der Waals surface area contributed by atoms with E-state index in [1.165, 1.54) is 0 Å². The van der Waals surface area contributed by atoms with E-state index >= 15 is 0 Å². The van der Waals surface area contributed by atoms with Crippen molar-refractivity contribution in [2.24, 2.45) is 5.92 Å². The van der Waals surface area contributed by atoms with Crippen LogP contribution in [0.4, 0.5) is 0 Å². The van der Waals surface area contributed by atoms with E-state index in [4.69, 9.17) is 0 Å². The second kappa shape index (κ2) is 2.32. The van der Waals surface area contributed by atoms with Crippen molar-refractivity contribution in [2.45, 2.75) is 12.5 Å². The number of hydrogen-bond acceptors (Lipinski definition) is 3. The molecule has 0 saturated carbocycles. The van der Waals surface area contributed by atoms with Crippen LogP contribution >= 0.6 is 0 Å². The second-order valence-electron chi connectivity index (χ2n) is 3.07. The number of Topliss-reactive ketones (excluding diaryl/α,β-unsaturated/α-hetero) is 1. The van der Waals surface area contributed by atoms with E-state index in [0.29, 0.717) is 11.7 Å². The topological polar surface area (TPSA) is 41.1 Å². The third-order valence-electron chi connectivity index (χ3n) is 2.37. The molecule has 1 atom stereocenters. The lowest BCUT2D eigenvalue weighted by molar-refractivity contribution is -0.120. The molecule has 10 heavy (non-hydrogen) atoms. The van der Waals surface area contributed by atoms with Gasteiger partial charge in [-0.15, -0.1) is 0 Å². The lowest BCUT2D eigenvalue weighted by Gasteiger charge is -2.31. The summed E-state index contributed by atoms with van der Waals surface area (Å²) in [5, 5.41) is 6.39. The summed E-state index contributed by atoms with van der Waals surface area (Å²) in [6.45, 7) is 2.92. The van der Waals surface area contributed by atoms with Gasteiger partial charge in [0.2, 0.25) is 0 Å². The van der Waals surface area contributed by atoms with Gasteiger partial charge in [0.25, 0.3) is 0 Å². The van der Waals surface area contributed by atoms with Crippen molar-refractivity contribution in [1.29, 1.82) is 0 Å². The van der Waals surface area contributed by atoms with Crippen LogP contribution in [0.1, 0.15) is 6.42 Å². The Morgan fingerprint density at radius 3 is 2.60 bits per heavy atom. The Kier molecular flexibility index (Phi) is 1.47. The highest BCUT2D eigenvalue weighted by molar-refractivity contribution is 5.86. The van der Waals surface area contributed by atoms with E-state index in [9.17, 15) is 4.79 Å². The molecule has 0 bridgehead atoms. The molecular formula is C7H12N2O. The van der Waals surface area contributed by atoms with E-state index in [0.717, 1.165) is 26.1 Å². The van der Waals surface area contributed by atoms with Crippen LogP contribution in [0.5, 0.6) is 0 Å². The monoisotopic (exact) mass is 140 g/mol. The molecule has 2 rings (SSSR count). The van der Waals surface area contributed by atoms with E-state index in [-0.39, 0.29) is 6.04 Å². The Hall–Kier alpha value is -0.410. The SMILES string of the molecule is O=C1CCNC1C1CNC1. The number of carbonyl (C=O) groups excluding carboxylic acids is 1. The van der Waals surface area contributed by atoms with Gasteiger partial charge in [-0.25, -0.2) is 0 Å². The molecule has 0 aromatic heterocycles. The summed E-state index contributed by atoms with van der Waals surface area (Å²) in [7, 11) is 0. The minimum absolute atomic E-state index is 0.182. The zero-order valence-electron chi connectivity index (χ0n) is 5.89. The van der Waals surface area contributed by atoms with Gasteiger partial charge in [-0.05, 0) is 0 Å². The van der Waals surface area contributed by atoms with Crippen LogP contribution in [0.15, 0.2) is 0 Å². The molecule has 1 unspecified atom stereocenters. The van der Waals surface area contributed by atoms with Gasteiger partial charge in [-0.3, -0.25) is 4.79 Å². The van der Waals surface area contributed by atoms with Gasteiger partial charge < -0.3 is 10.6 Å². The quantitative estimate of drug-likeness (QED) is 0.498. The number of carbonyl (C=O) groups is 1. The molecule has 0 radical (unpaired) electrons. The summed E-state index contributed by atoms with van der Waals surface area (Å²) >= 11 is 0. The van der Waals surface area contributed by atoms with Crippen LogP contribution in [-0.4, -0.2) is 31.5 Å². The van der Waals surface area contributed by atoms with Crippen LogP contribution in [0.3, 0.4) is 0 Å². The largest absolute Gasteiger partial charge is 0.316 e. The highest BCUT2D eigenvalue weighted by Crippen LogP contribution is 2.14. The first-order chi connectivity index (χ1) is 4.88. The highest BCUT2D eigenvalue weighted by atomic mass is 16.1. The summed E-state index contributed by atoms with van der Waals surface area (Å²) in [6, 6.07) is 0.182. The molecule has 0 aliphatic carbocycles. The van der Waals surface area contributed by atoms with Gasteiger partial charge in [-0.1, -0.05) is 0 Å². The minimum Gasteiger partial charge on any atom is -0.316 e. The molecule has 0 spiro atoms. The maximum Gasteiger partial charge on any atom is 0.151 e. The third-order valence-corrected chi connectivity index (χ3v) is 2.37. The fourth-order valence-electron chi connectivity index (χ4n) is 1.60. The Bertz CT molecular complexity index is 154. The van der Waals surface area contributed by atoms with Crippen LogP contribution < -0.4 is 10.6 Å². The molecule has 2 aliphatic rings. The number of nitrogens with one attached hydrogen (secondary N) is 2. The lowest BCUT2D eigenvalue weighted by Crippen LogP contribution is -2.53. The van der Waals surface area contributed by atoms with Crippen molar-refractivity contribution in [3.05, 3.63) is 0 Å². The Morgan fingerprint density at radius 1 is 1.40 bits per heavy atom. The zero-order valence-corrected chi connectivity index (χ0v) is 5.89. The van der Waals surface area contributed by atoms with Gasteiger partial charge in [-0.2, -0.15) is 0 Å². The zero-order chi connectivity index (χ0) is 6.97. The summed E-state index contributed by atoms with van der Waals surface area (Å²) in [5.74, 6) is 0.988. The Balaban J connectivity index is 1.96. The highest BCUT2D eigenvalue weighted by Gasteiger charge is 2.34. The van der Waals surface area contributed by atoms with Gasteiger partial charge in [0.05, 0.1) is 6.04 Å². The van der Waals surface area contributed by atoms with Crippen molar-refractivity contribution in [2.75, 3.05) is 19.6 Å². The molecule has 3 heteroatoms. The van der Waals surface area contributed by atoms with Crippen molar-refractivity contribution in [3.63, 3.8) is 0 Å². The fraction of sp³-hybridized carbons (Fsp3) is 0.857. The molecule has 0 aromatic carbocycles. The Morgan fingerprint density at radius 2 is 2.20 bits per heavy atom. The summed E-state index contributed by atoms with van der Waals surface area (Å²) in [5.41, 5.74) is 0. The van der Waals surface area contributed by atoms with Crippen LogP contribution in [0, 0.1) is 5.92 Å². The molecule has 2 saturated heterocycles. The number of ketones is 1. The van der Waals surface area contributed by atoms with Gasteiger partial charge >= 0.3 is 0 Å². The van der Waals surface area contributed by atoms with E-state index in [1.807, 2.05) is 0 Å². The van der Waals surface area contributed by atoms with Crippen molar-refractivity contribution in [3.8, 4) is 0 Å². The molecule has 3 nitrogen and oxygen atoms in total. The predicted octanol–water partition coefficient (Wildman–Crippen LogP) is -0.863. The first-order valence-electron chi connectivity index (χ1n) is 3.85. The van der Waals surface area contributed by atoms with Crippen LogP contribution in [-0.2, 0) is 4.79 Å². The summed E-state index contributed by atoms with van der Waals surface area (Å²) in [6.07, 6.45) is 0.737. The first-order valence-corrected chi connectivity index (χ1v) is 3.85. The number of hydrogen-bond donors (Lipinski definition) is 2. The predicted molar refractivity (Wildman–Crippen MR) is 37.8 cm³/mol. The van der Waals surface area contributed by atoms with E-state index in [1.54, 1.807) is 0 Å². The molecule has 2 fully saturated rings. The molecule has 56 valence electrons. The molecule has 2 N–H and O–H groups in total. The minimum atomic E-state index is 0.182. The smallest absolute Gasteiger partial charge is 0.151 e. The molecule has 2 heterocycles. The van der Waals surface area contributed by atoms with Crippen molar-refractivity contribution < 1.29 is 4.79 Å². The standard InChI is InChI=1S/C7H12N2O/c10-6-1-2-9-7(6)5-3-8-4-5/h5,7-9H,1-4H2. The van der Waals surface area contributed by atoms with Gasteiger partial charge in [0, 0.05) is 32.0 Å². The van der Waals surface area contributed by atoms with E-state index < -0.39 is 0 Å². The molecular weight excluding hydrogens is 128 g/mol. The van der Waals surface area contributed by atoms with Crippen LogP contribution in [0.2, 0.25) is 0 Å². The van der Waals surface area contributed by atoms with Crippen molar-refractivity contribution >= 4 is 5.78 Å². The normalized spacial score (nSPS) is 34.4. The average molecular weight is 140 g/mol. The maximum absolute atomic E-state index is 11.1. The lowest BCUT2D eigenvalue weighted by atomic mass is 9.92. The molecule has 0 amide bonds. The molecule has 0 aromatic rings. The van der Waals surface area contributed by atoms with Crippen molar-refractivity contribution in [1.82, 2.24) is 10.6 Å². The number of rotatable bonds is 1. The summed E-state index contributed by atoms with van der Waals surface area (Å²) < 4.78 is 0. The second-order valence-corrected chi connectivity index (χ2v) is 3.07. The fourth-order valence-corrected chi connectivity index (χ4v) is 1.60. The third kappa shape index (κ3) is 0.859. The summed E-state index contributed by atoms with van der Waals surface area (Å²) in [4.78, 5) is 11.1. The average Bonchev–Trinajstić information content (AvgIpc) is 2.12.